The number of amides is 1. The fraction of sp³-hybridized carbons (Fsp3) is 0.875. The Kier molecular flexibility index (Phi) is 6.49. The number of carboxylic acid groups (broad SMARTS) is 1. The number of likely N-dealkylation sites (tertiary alicyclic amines) is 1. The fourth-order valence-electron chi connectivity index (χ4n) is 3.55. The molecule has 2 rings (SSSR count). The molecule has 2 N–H and O–H groups in total. The molecular formula is C16H28N2O3. The van der Waals surface area contributed by atoms with Gasteiger partial charge >= 0.3 is 5.97 Å². The van der Waals surface area contributed by atoms with Crippen molar-refractivity contribution in [3.63, 3.8) is 0 Å². The number of carbonyl (C=O) groups is 2. The van der Waals surface area contributed by atoms with Crippen molar-refractivity contribution in [2.75, 3.05) is 19.6 Å². The van der Waals surface area contributed by atoms with E-state index in [1.54, 1.807) is 0 Å². The molecule has 1 aliphatic carbocycles. The average molecular weight is 296 g/mol. The van der Waals surface area contributed by atoms with Crippen molar-refractivity contribution < 1.29 is 14.7 Å². The van der Waals surface area contributed by atoms with Gasteiger partial charge < -0.3 is 15.3 Å². The molecule has 0 aromatic rings. The quantitative estimate of drug-likeness (QED) is 0.754. The zero-order chi connectivity index (χ0) is 15.1. The highest BCUT2D eigenvalue weighted by Crippen LogP contribution is 2.27. The van der Waals surface area contributed by atoms with Gasteiger partial charge in [-0.15, -0.1) is 0 Å². The van der Waals surface area contributed by atoms with Gasteiger partial charge in [0, 0.05) is 32.0 Å². The van der Waals surface area contributed by atoms with Crippen molar-refractivity contribution in [3.05, 3.63) is 0 Å². The normalized spacial score (nSPS) is 24.1. The van der Waals surface area contributed by atoms with Gasteiger partial charge in [0.05, 0.1) is 0 Å². The van der Waals surface area contributed by atoms with Crippen LogP contribution in [-0.4, -0.2) is 47.6 Å². The van der Waals surface area contributed by atoms with E-state index >= 15 is 0 Å². The molecule has 120 valence electrons. The predicted molar refractivity (Wildman–Crippen MR) is 81.0 cm³/mol. The summed E-state index contributed by atoms with van der Waals surface area (Å²) < 4.78 is 0. The number of hydrogen-bond donors (Lipinski definition) is 2. The number of carbonyl (C=O) groups excluding carboxylic acids is 1. The Balaban J connectivity index is 1.59. The van der Waals surface area contributed by atoms with Gasteiger partial charge in [-0.1, -0.05) is 19.3 Å². The molecule has 2 aliphatic rings. The molecule has 2 fully saturated rings. The Bertz CT molecular complexity index is 353. The lowest BCUT2D eigenvalue weighted by molar-refractivity contribution is -0.137. The third-order valence-corrected chi connectivity index (χ3v) is 4.79. The molecule has 1 aliphatic heterocycles. The number of rotatable bonds is 7. The highest BCUT2D eigenvalue weighted by atomic mass is 16.4. The Labute approximate surface area is 127 Å². The smallest absolute Gasteiger partial charge is 0.303 e. The molecular weight excluding hydrogens is 268 g/mol. The topological polar surface area (TPSA) is 69.6 Å². The van der Waals surface area contributed by atoms with Crippen molar-refractivity contribution in [2.45, 2.75) is 63.8 Å². The first-order valence-electron chi connectivity index (χ1n) is 8.37. The molecule has 5 nitrogen and oxygen atoms in total. The molecule has 1 saturated heterocycles. The maximum absolute atomic E-state index is 11.6. The second-order valence-electron chi connectivity index (χ2n) is 6.49. The zero-order valence-corrected chi connectivity index (χ0v) is 12.9. The minimum atomic E-state index is -0.832. The van der Waals surface area contributed by atoms with Crippen molar-refractivity contribution in [3.8, 4) is 0 Å². The standard InChI is InChI=1S/C16H28N2O3/c19-15(7-4-8-16(20)21)17-11-13-9-10-18(12-13)14-5-2-1-3-6-14/h13-14H,1-12H2,(H,17,19)(H,20,21)/t13-/m0/s1. The molecule has 0 bridgehead atoms. The van der Waals surface area contributed by atoms with Crippen LogP contribution in [0.2, 0.25) is 0 Å². The first-order chi connectivity index (χ1) is 10.1. The van der Waals surface area contributed by atoms with Crippen LogP contribution < -0.4 is 5.32 Å². The molecule has 0 radical (unpaired) electrons. The molecule has 1 heterocycles. The van der Waals surface area contributed by atoms with Crippen LogP contribution in [0.5, 0.6) is 0 Å². The van der Waals surface area contributed by atoms with Crippen LogP contribution in [0.4, 0.5) is 0 Å². The second-order valence-corrected chi connectivity index (χ2v) is 6.49. The Morgan fingerprint density at radius 1 is 1.10 bits per heavy atom. The van der Waals surface area contributed by atoms with E-state index in [0.717, 1.165) is 19.1 Å². The minimum absolute atomic E-state index is 0.00707. The summed E-state index contributed by atoms with van der Waals surface area (Å²) in [4.78, 5) is 24.7. The number of aliphatic carboxylic acids is 1. The number of hydrogen-bond acceptors (Lipinski definition) is 3. The van der Waals surface area contributed by atoms with Gasteiger partial charge in [0.25, 0.3) is 0 Å². The van der Waals surface area contributed by atoms with E-state index in [1.807, 2.05) is 0 Å². The lowest BCUT2D eigenvalue weighted by Gasteiger charge is -2.31. The Morgan fingerprint density at radius 3 is 2.57 bits per heavy atom. The summed E-state index contributed by atoms with van der Waals surface area (Å²) in [5.41, 5.74) is 0. The zero-order valence-electron chi connectivity index (χ0n) is 12.9. The first kappa shape index (κ1) is 16.3. The molecule has 0 spiro atoms. The lowest BCUT2D eigenvalue weighted by atomic mass is 9.94. The first-order valence-corrected chi connectivity index (χ1v) is 8.37. The number of carboxylic acids is 1. The van der Waals surface area contributed by atoms with Crippen LogP contribution in [0.15, 0.2) is 0 Å². The van der Waals surface area contributed by atoms with Gasteiger partial charge in [0.2, 0.25) is 5.91 Å². The van der Waals surface area contributed by atoms with Crippen LogP contribution in [0.1, 0.15) is 57.8 Å². The second kappa shape index (κ2) is 8.37. The van der Waals surface area contributed by atoms with E-state index in [0.29, 0.717) is 18.8 Å². The number of nitrogens with one attached hydrogen (secondary N) is 1. The molecule has 1 atom stereocenters. The van der Waals surface area contributed by atoms with E-state index in [9.17, 15) is 9.59 Å². The van der Waals surface area contributed by atoms with Gasteiger partial charge in [-0.3, -0.25) is 9.59 Å². The van der Waals surface area contributed by atoms with E-state index in [1.165, 1.54) is 45.1 Å². The molecule has 0 unspecified atom stereocenters. The third kappa shape index (κ3) is 5.65. The van der Waals surface area contributed by atoms with E-state index in [4.69, 9.17) is 5.11 Å². The van der Waals surface area contributed by atoms with Crippen molar-refractivity contribution >= 4 is 11.9 Å². The fourth-order valence-corrected chi connectivity index (χ4v) is 3.55. The van der Waals surface area contributed by atoms with Crippen molar-refractivity contribution in [2.24, 2.45) is 5.92 Å². The highest BCUT2D eigenvalue weighted by Gasteiger charge is 2.28. The van der Waals surface area contributed by atoms with E-state index in [2.05, 4.69) is 10.2 Å². The van der Waals surface area contributed by atoms with Crippen molar-refractivity contribution in [1.82, 2.24) is 10.2 Å². The van der Waals surface area contributed by atoms with Crippen LogP contribution in [0.25, 0.3) is 0 Å². The summed E-state index contributed by atoms with van der Waals surface area (Å²) in [7, 11) is 0. The average Bonchev–Trinajstić information content (AvgIpc) is 2.94. The van der Waals surface area contributed by atoms with Crippen molar-refractivity contribution in [1.29, 1.82) is 0 Å². The van der Waals surface area contributed by atoms with Gasteiger partial charge in [-0.05, 0) is 38.1 Å². The summed E-state index contributed by atoms with van der Waals surface area (Å²) in [6.07, 6.45) is 8.81. The largest absolute Gasteiger partial charge is 0.481 e. The van der Waals surface area contributed by atoms with Crippen LogP contribution in [-0.2, 0) is 9.59 Å². The summed E-state index contributed by atoms with van der Waals surface area (Å²) in [5, 5.41) is 11.5. The molecule has 5 heteroatoms. The molecule has 0 aromatic carbocycles. The summed E-state index contributed by atoms with van der Waals surface area (Å²) in [5.74, 6) is -0.274. The molecule has 21 heavy (non-hydrogen) atoms. The maximum atomic E-state index is 11.6. The van der Waals surface area contributed by atoms with Gasteiger partial charge in [-0.2, -0.15) is 0 Å². The minimum Gasteiger partial charge on any atom is -0.481 e. The lowest BCUT2D eigenvalue weighted by Crippen LogP contribution is -2.36. The summed E-state index contributed by atoms with van der Waals surface area (Å²) >= 11 is 0. The monoisotopic (exact) mass is 296 g/mol. The van der Waals surface area contributed by atoms with Gasteiger partial charge in [0.15, 0.2) is 0 Å². The highest BCUT2D eigenvalue weighted by molar-refractivity contribution is 5.76. The van der Waals surface area contributed by atoms with Gasteiger partial charge in [0.1, 0.15) is 0 Å². The van der Waals surface area contributed by atoms with E-state index < -0.39 is 5.97 Å². The predicted octanol–water partition coefficient (Wildman–Crippen LogP) is 2.01. The van der Waals surface area contributed by atoms with Crippen LogP contribution in [0, 0.1) is 5.92 Å². The summed E-state index contributed by atoms with van der Waals surface area (Å²) in [6, 6.07) is 0.773. The third-order valence-electron chi connectivity index (χ3n) is 4.79. The number of nitrogens with zero attached hydrogens (tertiary/aromatic N) is 1. The Morgan fingerprint density at radius 2 is 1.86 bits per heavy atom. The van der Waals surface area contributed by atoms with Gasteiger partial charge in [-0.25, -0.2) is 0 Å². The maximum Gasteiger partial charge on any atom is 0.303 e. The molecule has 0 aromatic heterocycles. The van der Waals surface area contributed by atoms with E-state index in [-0.39, 0.29) is 12.3 Å². The SMILES string of the molecule is O=C(O)CCCC(=O)NC[C@@H]1CCN(C2CCCCC2)C1. The van der Waals surface area contributed by atoms with Crippen LogP contribution >= 0.6 is 0 Å². The van der Waals surface area contributed by atoms with Crippen LogP contribution in [0.3, 0.4) is 0 Å². The molecule has 1 saturated carbocycles. The Hall–Kier alpha value is -1.10. The summed E-state index contributed by atoms with van der Waals surface area (Å²) in [6.45, 7) is 3.03. The molecule has 1 amide bonds.